The van der Waals surface area contributed by atoms with Crippen molar-refractivity contribution in [3.05, 3.63) is 83.3 Å². The molecule has 0 aliphatic rings. The summed E-state index contributed by atoms with van der Waals surface area (Å²) in [6.07, 6.45) is 1.95. The van der Waals surface area contributed by atoms with Crippen LogP contribution < -0.4 is 5.56 Å². The third kappa shape index (κ3) is 2.11. The first kappa shape index (κ1) is 12.6. The summed E-state index contributed by atoms with van der Waals surface area (Å²) >= 11 is 0. The number of fused-ring (bicyclic) bond motifs is 1. The normalized spacial score (nSPS) is 10.9. The minimum absolute atomic E-state index is 0.156. The first-order chi connectivity index (χ1) is 10.8. The molecule has 4 nitrogen and oxygen atoms in total. The number of hydrogen-bond donors (Lipinski definition) is 1. The number of nitrogens with one attached hydrogen (secondary N) is 1. The molecule has 0 aliphatic carbocycles. The number of nitrogens with zero attached hydrogens (tertiary/aromatic N) is 2. The molecule has 0 atom stereocenters. The fraction of sp³-hybridized carbons (Fsp3) is 0. The van der Waals surface area contributed by atoms with Crippen molar-refractivity contribution < 1.29 is 0 Å². The van der Waals surface area contributed by atoms with Crippen molar-refractivity contribution in [2.24, 2.45) is 0 Å². The lowest BCUT2D eigenvalue weighted by Crippen LogP contribution is -2.08. The van der Waals surface area contributed by atoms with Crippen LogP contribution in [0.4, 0.5) is 0 Å². The highest BCUT2D eigenvalue weighted by Gasteiger charge is 2.10. The summed E-state index contributed by atoms with van der Waals surface area (Å²) in [7, 11) is 0. The third-order valence-corrected chi connectivity index (χ3v) is 3.61. The number of aromatic amines is 1. The molecule has 4 rings (SSSR count). The van der Waals surface area contributed by atoms with Crippen molar-refractivity contribution in [1.82, 2.24) is 14.4 Å². The van der Waals surface area contributed by atoms with Crippen LogP contribution in [0.2, 0.25) is 0 Å². The average Bonchev–Trinajstić information content (AvgIpc) is 2.99. The third-order valence-electron chi connectivity index (χ3n) is 3.61. The molecule has 4 aromatic rings. The Morgan fingerprint density at radius 1 is 0.864 bits per heavy atom. The van der Waals surface area contributed by atoms with Crippen LogP contribution in [-0.4, -0.2) is 14.4 Å². The van der Waals surface area contributed by atoms with E-state index in [1.165, 1.54) is 0 Å². The molecule has 22 heavy (non-hydrogen) atoms. The lowest BCUT2D eigenvalue weighted by molar-refractivity contribution is 1.09. The quantitative estimate of drug-likeness (QED) is 0.614. The van der Waals surface area contributed by atoms with Crippen LogP contribution in [0.5, 0.6) is 0 Å². The standard InChI is InChI=1S/C18H13N3O/c22-17-11-16(14-9-5-2-6-10-14)21-12-15(19-18(21)20-17)13-7-3-1-4-8-13/h1-12H,(H,19,20,22). The molecule has 0 aliphatic heterocycles. The Morgan fingerprint density at radius 3 is 2.18 bits per heavy atom. The second kappa shape index (κ2) is 5.00. The van der Waals surface area contributed by atoms with Crippen LogP contribution in [0.15, 0.2) is 77.7 Å². The van der Waals surface area contributed by atoms with Crippen molar-refractivity contribution in [2.75, 3.05) is 0 Å². The summed E-state index contributed by atoms with van der Waals surface area (Å²) in [5.74, 6) is 0.546. The van der Waals surface area contributed by atoms with Gasteiger partial charge in [0.25, 0.3) is 5.56 Å². The summed E-state index contributed by atoms with van der Waals surface area (Å²) < 4.78 is 1.92. The van der Waals surface area contributed by atoms with Crippen LogP contribution in [0.25, 0.3) is 28.3 Å². The molecule has 0 spiro atoms. The predicted molar refractivity (Wildman–Crippen MR) is 86.7 cm³/mol. The first-order valence-corrected chi connectivity index (χ1v) is 7.04. The van der Waals surface area contributed by atoms with E-state index in [9.17, 15) is 4.79 Å². The topological polar surface area (TPSA) is 50.2 Å². The summed E-state index contributed by atoms with van der Waals surface area (Å²) in [4.78, 5) is 19.2. The zero-order valence-electron chi connectivity index (χ0n) is 11.7. The second-order valence-corrected chi connectivity index (χ2v) is 5.07. The number of aromatic nitrogens is 3. The van der Waals surface area contributed by atoms with E-state index in [-0.39, 0.29) is 5.56 Å². The van der Waals surface area contributed by atoms with Crippen LogP contribution in [0.3, 0.4) is 0 Å². The van der Waals surface area contributed by atoms with Crippen molar-refractivity contribution in [3.63, 3.8) is 0 Å². The molecule has 0 bridgehead atoms. The maximum atomic E-state index is 11.9. The molecule has 2 heterocycles. The van der Waals surface area contributed by atoms with E-state index in [1.807, 2.05) is 71.3 Å². The Kier molecular flexibility index (Phi) is 2.86. The highest BCUT2D eigenvalue weighted by atomic mass is 16.1. The second-order valence-electron chi connectivity index (χ2n) is 5.07. The van der Waals surface area contributed by atoms with Crippen molar-refractivity contribution in [2.45, 2.75) is 0 Å². The van der Waals surface area contributed by atoms with E-state index in [2.05, 4.69) is 9.97 Å². The van der Waals surface area contributed by atoms with Gasteiger partial charge in [0.1, 0.15) is 0 Å². The van der Waals surface area contributed by atoms with Crippen LogP contribution in [0.1, 0.15) is 0 Å². The maximum Gasteiger partial charge on any atom is 0.252 e. The molecular formula is C18H13N3O. The van der Waals surface area contributed by atoms with Gasteiger partial charge in [-0.2, -0.15) is 0 Å². The van der Waals surface area contributed by atoms with Crippen LogP contribution in [-0.2, 0) is 0 Å². The van der Waals surface area contributed by atoms with E-state index < -0.39 is 0 Å². The fourth-order valence-electron chi connectivity index (χ4n) is 2.57. The number of benzene rings is 2. The van der Waals surface area contributed by atoms with Gasteiger partial charge in [-0.15, -0.1) is 0 Å². The fourth-order valence-corrected chi connectivity index (χ4v) is 2.57. The lowest BCUT2D eigenvalue weighted by atomic mass is 10.1. The number of rotatable bonds is 2. The molecule has 0 unspecified atom stereocenters. The maximum absolute atomic E-state index is 11.9. The van der Waals surface area contributed by atoms with Gasteiger partial charge < -0.3 is 0 Å². The van der Waals surface area contributed by atoms with Gasteiger partial charge in [-0.25, -0.2) is 4.98 Å². The molecule has 106 valence electrons. The summed E-state index contributed by atoms with van der Waals surface area (Å²) in [5, 5.41) is 0. The van der Waals surface area contributed by atoms with E-state index in [0.29, 0.717) is 5.78 Å². The molecule has 2 aromatic heterocycles. The number of H-pyrrole nitrogens is 1. The van der Waals surface area contributed by atoms with E-state index in [1.54, 1.807) is 6.07 Å². The first-order valence-electron chi connectivity index (χ1n) is 7.04. The van der Waals surface area contributed by atoms with Gasteiger partial charge in [-0.1, -0.05) is 60.7 Å². The zero-order chi connectivity index (χ0) is 14.9. The van der Waals surface area contributed by atoms with Gasteiger partial charge in [0.2, 0.25) is 5.78 Å². The molecular weight excluding hydrogens is 274 g/mol. The van der Waals surface area contributed by atoms with Gasteiger partial charge in [-0.05, 0) is 5.56 Å². The Morgan fingerprint density at radius 2 is 1.50 bits per heavy atom. The molecule has 0 amide bonds. The predicted octanol–water partition coefficient (Wildman–Crippen LogP) is 3.36. The molecule has 0 saturated heterocycles. The van der Waals surface area contributed by atoms with Gasteiger partial charge in [0.05, 0.1) is 11.4 Å². The van der Waals surface area contributed by atoms with Gasteiger partial charge in [0, 0.05) is 17.8 Å². The van der Waals surface area contributed by atoms with Crippen LogP contribution in [0, 0.1) is 0 Å². The molecule has 0 saturated carbocycles. The lowest BCUT2D eigenvalue weighted by Gasteiger charge is -2.04. The number of imidazole rings is 1. The largest absolute Gasteiger partial charge is 0.292 e. The van der Waals surface area contributed by atoms with E-state index in [0.717, 1.165) is 22.5 Å². The SMILES string of the molecule is O=c1cc(-c2ccccc2)n2cc(-c3ccccc3)nc2[nH]1. The Labute approximate surface area is 126 Å². The Balaban J connectivity index is 1.99. The van der Waals surface area contributed by atoms with Crippen molar-refractivity contribution in [1.29, 1.82) is 0 Å². The van der Waals surface area contributed by atoms with Crippen molar-refractivity contribution in [3.8, 4) is 22.5 Å². The highest BCUT2D eigenvalue weighted by molar-refractivity contribution is 5.66. The molecule has 2 aromatic carbocycles. The highest BCUT2D eigenvalue weighted by Crippen LogP contribution is 2.22. The minimum Gasteiger partial charge on any atom is -0.292 e. The van der Waals surface area contributed by atoms with Gasteiger partial charge >= 0.3 is 0 Å². The summed E-state index contributed by atoms with van der Waals surface area (Å²) in [6, 6.07) is 21.3. The summed E-state index contributed by atoms with van der Waals surface area (Å²) in [6.45, 7) is 0. The minimum atomic E-state index is -0.156. The van der Waals surface area contributed by atoms with E-state index in [4.69, 9.17) is 0 Å². The Hall–Kier alpha value is -3.14. The molecule has 1 N–H and O–H groups in total. The van der Waals surface area contributed by atoms with Crippen molar-refractivity contribution >= 4 is 5.78 Å². The van der Waals surface area contributed by atoms with E-state index >= 15 is 0 Å². The smallest absolute Gasteiger partial charge is 0.252 e. The molecule has 0 radical (unpaired) electrons. The zero-order valence-corrected chi connectivity index (χ0v) is 11.7. The molecule has 0 fully saturated rings. The molecule has 4 heteroatoms. The van der Waals surface area contributed by atoms with Gasteiger partial charge in [-0.3, -0.25) is 14.2 Å². The Bertz CT molecular complexity index is 985. The monoisotopic (exact) mass is 287 g/mol. The van der Waals surface area contributed by atoms with Crippen LogP contribution >= 0.6 is 0 Å². The average molecular weight is 287 g/mol. The van der Waals surface area contributed by atoms with Gasteiger partial charge in [0.15, 0.2) is 0 Å². The summed E-state index contributed by atoms with van der Waals surface area (Å²) in [5.41, 5.74) is 3.51. The number of hydrogen-bond acceptors (Lipinski definition) is 2.